The van der Waals surface area contributed by atoms with Crippen molar-refractivity contribution in [1.29, 1.82) is 0 Å². The van der Waals surface area contributed by atoms with Crippen LogP contribution in [0.15, 0.2) is 47.4 Å². The number of carbonyl (C=O) groups is 3. The van der Waals surface area contributed by atoms with Gasteiger partial charge in [0.15, 0.2) is 0 Å². The van der Waals surface area contributed by atoms with Crippen LogP contribution < -0.4 is 15.8 Å². The molecule has 2 aliphatic rings. The summed E-state index contributed by atoms with van der Waals surface area (Å²) in [5.41, 5.74) is 1.20. The number of benzene rings is 1. The summed E-state index contributed by atoms with van der Waals surface area (Å²) in [7, 11) is 1.99. The third kappa shape index (κ3) is 6.89. The van der Waals surface area contributed by atoms with Crippen LogP contribution in [0.2, 0.25) is 0 Å². The Bertz CT molecular complexity index is 1200. The Balaban J connectivity index is 1.58. The molecule has 1 aromatic heterocycles. The predicted molar refractivity (Wildman–Crippen MR) is 147 cm³/mol. The van der Waals surface area contributed by atoms with Gasteiger partial charge in [-0.1, -0.05) is 37.5 Å². The predicted octanol–water partition coefficient (Wildman–Crippen LogP) is 2.63. The molecule has 0 radical (unpaired) electrons. The van der Waals surface area contributed by atoms with Crippen LogP contribution >= 0.6 is 0 Å². The number of hydrogen-bond acceptors (Lipinski definition) is 5. The summed E-state index contributed by atoms with van der Waals surface area (Å²) >= 11 is 0. The highest BCUT2D eigenvalue weighted by atomic mass is 16.2. The monoisotopic (exact) mass is 521 g/mol. The summed E-state index contributed by atoms with van der Waals surface area (Å²) < 4.78 is 1.31. The van der Waals surface area contributed by atoms with Gasteiger partial charge in [0.25, 0.3) is 11.5 Å². The Hall–Kier alpha value is -3.46. The van der Waals surface area contributed by atoms with Gasteiger partial charge in [0.1, 0.15) is 12.1 Å². The quantitative estimate of drug-likeness (QED) is 0.668. The Morgan fingerprint density at radius 2 is 1.68 bits per heavy atom. The number of nitrogens with zero attached hydrogens (tertiary/aromatic N) is 4. The van der Waals surface area contributed by atoms with Crippen molar-refractivity contribution < 1.29 is 14.4 Å². The zero-order valence-electron chi connectivity index (χ0n) is 22.5. The molecule has 1 saturated carbocycles. The zero-order chi connectivity index (χ0) is 27.1. The van der Waals surface area contributed by atoms with Gasteiger partial charge in [-0.25, -0.2) is 0 Å². The van der Waals surface area contributed by atoms with Gasteiger partial charge in [-0.05, 0) is 56.6 Å². The summed E-state index contributed by atoms with van der Waals surface area (Å²) in [6.45, 7) is 4.15. The van der Waals surface area contributed by atoms with E-state index in [1.54, 1.807) is 29.0 Å². The molecule has 1 fully saturated rings. The fourth-order valence-electron chi connectivity index (χ4n) is 5.38. The molecule has 1 aliphatic carbocycles. The number of fused-ring (bicyclic) bond motifs is 1. The lowest BCUT2D eigenvalue weighted by molar-refractivity contribution is -0.122. The van der Waals surface area contributed by atoms with Gasteiger partial charge in [-0.3, -0.25) is 19.2 Å². The second-order valence-electron chi connectivity index (χ2n) is 10.4. The van der Waals surface area contributed by atoms with Crippen molar-refractivity contribution in [3.63, 3.8) is 0 Å². The molecular weight excluding hydrogens is 482 g/mol. The molecule has 0 bridgehead atoms. The maximum Gasteiger partial charge on any atom is 0.263 e. The van der Waals surface area contributed by atoms with Gasteiger partial charge in [-0.2, -0.15) is 0 Å². The summed E-state index contributed by atoms with van der Waals surface area (Å²) in [4.78, 5) is 57.8. The lowest BCUT2D eigenvalue weighted by Gasteiger charge is -2.27. The van der Waals surface area contributed by atoms with E-state index in [-0.39, 0.29) is 42.4 Å². The average molecular weight is 522 g/mol. The molecular formula is C29H39N5O4. The average Bonchev–Trinajstić information content (AvgIpc) is 2.93. The van der Waals surface area contributed by atoms with Gasteiger partial charge in [0.2, 0.25) is 11.8 Å². The molecule has 204 valence electrons. The minimum absolute atomic E-state index is 0.0383. The second-order valence-corrected chi connectivity index (χ2v) is 10.4. The molecule has 1 aliphatic heterocycles. The number of hydrogen-bond donors (Lipinski definition) is 1. The van der Waals surface area contributed by atoms with Crippen LogP contribution in [-0.4, -0.2) is 71.4 Å². The summed E-state index contributed by atoms with van der Waals surface area (Å²) in [5.74, 6) is -0.637. The first kappa shape index (κ1) is 27.6. The van der Waals surface area contributed by atoms with E-state index in [9.17, 15) is 19.2 Å². The number of likely N-dealkylation sites (N-methyl/N-ethyl adjacent to an activating group) is 1. The van der Waals surface area contributed by atoms with E-state index in [4.69, 9.17) is 0 Å². The molecule has 1 N–H and O–H groups in total. The maximum atomic E-state index is 13.8. The van der Waals surface area contributed by atoms with Gasteiger partial charge < -0.3 is 24.6 Å². The van der Waals surface area contributed by atoms with Gasteiger partial charge >= 0.3 is 0 Å². The van der Waals surface area contributed by atoms with Crippen molar-refractivity contribution in [2.75, 3.05) is 38.1 Å². The molecule has 2 aromatic rings. The van der Waals surface area contributed by atoms with E-state index >= 15 is 0 Å². The van der Waals surface area contributed by atoms with Crippen LogP contribution in [-0.2, 0) is 22.7 Å². The Morgan fingerprint density at radius 1 is 0.921 bits per heavy atom. The van der Waals surface area contributed by atoms with E-state index in [2.05, 4.69) is 10.2 Å². The second kappa shape index (κ2) is 12.9. The molecule has 0 atom stereocenters. The van der Waals surface area contributed by atoms with E-state index in [0.29, 0.717) is 19.6 Å². The van der Waals surface area contributed by atoms with Crippen LogP contribution in [0.3, 0.4) is 0 Å². The lowest BCUT2D eigenvalue weighted by atomic mass is 9.95. The Kier molecular flexibility index (Phi) is 9.33. The summed E-state index contributed by atoms with van der Waals surface area (Å²) in [6, 6.07) is 10.9. The highest BCUT2D eigenvalue weighted by Crippen LogP contribution is 2.24. The number of aromatic nitrogens is 1. The first-order chi connectivity index (χ1) is 18.3. The van der Waals surface area contributed by atoms with E-state index < -0.39 is 5.56 Å². The van der Waals surface area contributed by atoms with Crippen LogP contribution in [0.1, 0.15) is 61.4 Å². The van der Waals surface area contributed by atoms with E-state index in [0.717, 1.165) is 49.9 Å². The minimum Gasteiger partial charge on any atom is -0.352 e. The van der Waals surface area contributed by atoms with E-state index in [1.165, 1.54) is 17.1 Å². The number of carbonyl (C=O) groups excluding carboxylic acids is 3. The standard InChI is InChI=1S/C29H39N5O4/c1-22(35)34-17-9-15-31(2)18-19-33(20-23-10-6-7-14-26(23)34)29(38)25-13-8-16-32(28(25)37)21-27(36)30-24-11-4-3-5-12-24/h6-8,10,13-14,16,24H,3-5,9,11-12,15,17-21H2,1-2H3,(H,30,36). The van der Waals surface area contributed by atoms with Crippen LogP contribution in [0.5, 0.6) is 0 Å². The molecule has 9 nitrogen and oxygen atoms in total. The number of amides is 3. The molecule has 3 amide bonds. The highest BCUT2D eigenvalue weighted by molar-refractivity contribution is 5.95. The Labute approximate surface area is 224 Å². The third-order valence-electron chi connectivity index (χ3n) is 7.52. The number of para-hydroxylation sites is 1. The largest absolute Gasteiger partial charge is 0.352 e. The van der Waals surface area contributed by atoms with Gasteiger partial charge in [-0.15, -0.1) is 0 Å². The molecule has 9 heteroatoms. The first-order valence-corrected chi connectivity index (χ1v) is 13.7. The minimum atomic E-state index is -0.474. The smallest absolute Gasteiger partial charge is 0.263 e. The summed E-state index contributed by atoms with van der Waals surface area (Å²) in [6.07, 6.45) is 7.70. The highest BCUT2D eigenvalue weighted by Gasteiger charge is 2.25. The van der Waals surface area contributed by atoms with Crippen molar-refractivity contribution in [3.8, 4) is 0 Å². The fraction of sp³-hybridized carbons (Fsp3) is 0.517. The third-order valence-corrected chi connectivity index (χ3v) is 7.52. The normalized spacial score (nSPS) is 17.8. The van der Waals surface area contributed by atoms with Crippen molar-refractivity contribution in [3.05, 3.63) is 64.1 Å². The van der Waals surface area contributed by atoms with Crippen molar-refractivity contribution in [1.82, 2.24) is 19.7 Å². The molecule has 4 rings (SSSR count). The molecule has 0 saturated heterocycles. The number of rotatable bonds is 4. The Morgan fingerprint density at radius 3 is 2.45 bits per heavy atom. The number of nitrogens with one attached hydrogen (secondary N) is 1. The zero-order valence-corrected chi connectivity index (χ0v) is 22.5. The van der Waals surface area contributed by atoms with Crippen molar-refractivity contribution in [2.45, 2.75) is 64.6 Å². The molecule has 2 heterocycles. The SMILES string of the molecule is CC(=O)N1CCCN(C)CCN(C(=O)c2cccn(CC(=O)NC3CCCCC3)c2=O)Cc2ccccc21. The molecule has 0 spiro atoms. The molecule has 1 aromatic carbocycles. The van der Waals surface area contributed by atoms with Crippen LogP contribution in [0, 0.1) is 0 Å². The van der Waals surface area contributed by atoms with Crippen LogP contribution in [0.25, 0.3) is 0 Å². The van der Waals surface area contributed by atoms with Gasteiger partial charge in [0, 0.05) is 51.0 Å². The topological polar surface area (TPSA) is 95.0 Å². The van der Waals surface area contributed by atoms with Crippen molar-refractivity contribution >= 4 is 23.4 Å². The lowest BCUT2D eigenvalue weighted by Crippen LogP contribution is -2.42. The summed E-state index contributed by atoms with van der Waals surface area (Å²) in [5, 5.41) is 3.04. The van der Waals surface area contributed by atoms with E-state index in [1.807, 2.05) is 31.3 Å². The number of pyridine rings is 1. The fourth-order valence-corrected chi connectivity index (χ4v) is 5.38. The first-order valence-electron chi connectivity index (χ1n) is 13.7. The van der Waals surface area contributed by atoms with Crippen molar-refractivity contribution in [2.24, 2.45) is 0 Å². The van der Waals surface area contributed by atoms with Gasteiger partial charge in [0.05, 0.1) is 0 Å². The molecule has 38 heavy (non-hydrogen) atoms. The maximum absolute atomic E-state index is 13.8. The molecule has 0 unspecified atom stereocenters. The van der Waals surface area contributed by atoms with Crippen LogP contribution in [0.4, 0.5) is 5.69 Å². The number of anilines is 1.